The average molecular weight is 341 g/mol. The number of hydrogen-bond donors (Lipinski definition) is 2. The number of aliphatic hydroxyl groups excluding tert-OH is 1. The Kier molecular flexibility index (Phi) is 3.94. The highest BCUT2D eigenvalue weighted by atomic mass is 28.4. The first-order chi connectivity index (χ1) is 10.4. The summed E-state index contributed by atoms with van der Waals surface area (Å²) in [4.78, 5) is 0. The van der Waals surface area contributed by atoms with Crippen LogP contribution in [0.25, 0.3) is 0 Å². The maximum absolute atomic E-state index is 11.1. The highest BCUT2D eigenvalue weighted by Gasteiger charge is 2.67. The number of allylic oxidation sites excluding steroid dienone is 1. The van der Waals surface area contributed by atoms with Crippen molar-refractivity contribution in [2.24, 2.45) is 11.3 Å². The Morgan fingerprint density at radius 2 is 1.96 bits per heavy atom. The molecule has 5 heteroatoms. The van der Waals surface area contributed by atoms with Gasteiger partial charge in [0.15, 0.2) is 8.32 Å². The third-order valence-electron chi connectivity index (χ3n) is 7.12. The van der Waals surface area contributed by atoms with E-state index < -0.39 is 25.4 Å². The van der Waals surface area contributed by atoms with Crippen LogP contribution in [0.4, 0.5) is 0 Å². The van der Waals surface area contributed by atoms with Crippen LogP contribution < -0.4 is 0 Å². The van der Waals surface area contributed by atoms with Crippen LogP contribution in [-0.2, 0) is 9.16 Å². The summed E-state index contributed by atoms with van der Waals surface area (Å²) in [6, 6.07) is 0. The van der Waals surface area contributed by atoms with Gasteiger partial charge in [-0.1, -0.05) is 39.8 Å². The zero-order valence-electron chi connectivity index (χ0n) is 15.3. The van der Waals surface area contributed by atoms with Crippen LogP contribution in [0.2, 0.25) is 18.1 Å². The molecule has 1 heterocycles. The van der Waals surface area contributed by atoms with Gasteiger partial charge in [0, 0.05) is 17.8 Å². The Hall–Kier alpha value is -0.203. The van der Waals surface area contributed by atoms with Crippen molar-refractivity contribution in [1.82, 2.24) is 0 Å². The Bertz CT molecular complexity index is 512. The molecule has 23 heavy (non-hydrogen) atoms. The van der Waals surface area contributed by atoms with Crippen molar-refractivity contribution in [3.8, 4) is 0 Å². The molecule has 6 atom stereocenters. The van der Waals surface area contributed by atoms with Crippen LogP contribution in [0.1, 0.15) is 40.5 Å². The SMILES string of the molecule is CC(C)(C)[Si](C)(C)O[C@H]1C[C@H]2OC[C@@]2(O)[C@H]2CC=C[C@H](O)[C@]12C. The molecule has 0 unspecified atom stereocenters. The third kappa shape index (κ3) is 2.39. The van der Waals surface area contributed by atoms with E-state index >= 15 is 0 Å². The lowest BCUT2D eigenvalue weighted by Gasteiger charge is -2.64. The second-order valence-electron chi connectivity index (χ2n) is 9.42. The Balaban J connectivity index is 1.95. The molecule has 0 aromatic carbocycles. The topological polar surface area (TPSA) is 58.9 Å². The molecule has 3 rings (SSSR count). The average Bonchev–Trinajstić information content (AvgIpc) is 2.41. The van der Waals surface area contributed by atoms with Gasteiger partial charge in [-0.15, -0.1) is 0 Å². The fourth-order valence-corrected chi connectivity index (χ4v) is 5.71. The summed E-state index contributed by atoms with van der Waals surface area (Å²) in [6.45, 7) is 13.7. The van der Waals surface area contributed by atoms with Crippen LogP contribution >= 0.6 is 0 Å². The lowest BCUT2D eigenvalue weighted by Crippen LogP contribution is -2.75. The van der Waals surface area contributed by atoms with Crippen molar-refractivity contribution in [3.63, 3.8) is 0 Å². The molecule has 4 nitrogen and oxygen atoms in total. The van der Waals surface area contributed by atoms with Crippen LogP contribution in [0.5, 0.6) is 0 Å². The summed E-state index contributed by atoms with van der Waals surface area (Å²) in [6.07, 6.45) is 4.50. The van der Waals surface area contributed by atoms with Gasteiger partial charge in [-0.25, -0.2) is 0 Å². The van der Waals surface area contributed by atoms with E-state index in [0.717, 1.165) is 6.42 Å². The molecule has 0 amide bonds. The van der Waals surface area contributed by atoms with Gasteiger partial charge in [-0.3, -0.25) is 0 Å². The molecule has 0 aromatic heterocycles. The van der Waals surface area contributed by atoms with E-state index in [2.05, 4.69) is 40.8 Å². The number of aliphatic hydroxyl groups is 2. The third-order valence-corrected chi connectivity index (χ3v) is 11.6. The Morgan fingerprint density at radius 3 is 2.48 bits per heavy atom. The molecule has 1 saturated carbocycles. The van der Waals surface area contributed by atoms with Crippen LogP contribution in [0, 0.1) is 11.3 Å². The lowest BCUT2D eigenvalue weighted by molar-refractivity contribution is -0.325. The Labute approximate surface area is 141 Å². The van der Waals surface area contributed by atoms with Gasteiger partial charge in [0.05, 0.1) is 24.9 Å². The van der Waals surface area contributed by atoms with E-state index in [9.17, 15) is 10.2 Å². The van der Waals surface area contributed by atoms with Crippen molar-refractivity contribution in [1.29, 1.82) is 0 Å². The fraction of sp³-hybridized carbons (Fsp3) is 0.889. The minimum Gasteiger partial charge on any atom is -0.413 e. The molecule has 2 aliphatic carbocycles. The predicted molar refractivity (Wildman–Crippen MR) is 92.7 cm³/mol. The maximum atomic E-state index is 11.1. The van der Waals surface area contributed by atoms with E-state index in [4.69, 9.17) is 9.16 Å². The molecule has 3 aliphatic rings. The smallest absolute Gasteiger partial charge is 0.192 e. The van der Waals surface area contributed by atoms with Crippen LogP contribution in [0.15, 0.2) is 12.2 Å². The van der Waals surface area contributed by atoms with Crippen molar-refractivity contribution in [2.45, 2.75) is 82.6 Å². The second kappa shape index (κ2) is 5.15. The van der Waals surface area contributed by atoms with E-state index in [1.165, 1.54) is 0 Å². The van der Waals surface area contributed by atoms with E-state index in [1.54, 1.807) is 0 Å². The van der Waals surface area contributed by atoms with Gasteiger partial charge in [0.2, 0.25) is 0 Å². The zero-order chi connectivity index (χ0) is 17.3. The monoisotopic (exact) mass is 340 g/mol. The molecular formula is C18H32O4Si. The number of hydrogen-bond acceptors (Lipinski definition) is 4. The highest BCUT2D eigenvalue weighted by molar-refractivity contribution is 6.74. The molecule has 1 saturated heterocycles. The standard InChI is InChI=1S/C18H32O4Si/c1-16(2,3)23(5,6)22-14-10-15-18(20,11-21-15)12-8-7-9-13(19)17(12,14)4/h7,9,12-15,19-20H,8,10-11H2,1-6H3/t12-,13-,14-,15+,17+,18+/m0/s1. The summed E-state index contributed by atoms with van der Waals surface area (Å²) in [5, 5.41) is 22.0. The fourth-order valence-electron chi connectivity index (χ4n) is 4.29. The van der Waals surface area contributed by atoms with E-state index in [-0.39, 0.29) is 23.2 Å². The van der Waals surface area contributed by atoms with Crippen molar-refractivity contribution >= 4 is 8.32 Å². The molecule has 0 radical (unpaired) electrons. The van der Waals surface area contributed by atoms with Crippen LogP contribution in [-0.4, -0.2) is 49.1 Å². The van der Waals surface area contributed by atoms with Crippen molar-refractivity contribution in [3.05, 3.63) is 12.2 Å². The summed E-state index contributed by atoms with van der Waals surface area (Å²) in [5.41, 5.74) is -1.27. The van der Waals surface area contributed by atoms with Gasteiger partial charge in [0.25, 0.3) is 0 Å². The van der Waals surface area contributed by atoms with E-state index in [0.29, 0.717) is 13.0 Å². The first-order valence-corrected chi connectivity index (χ1v) is 11.7. The number of fused-ring (bicyclic) bond motifs is 3. The molecular weight excluding hydrogens is 308 g/mol. The predicted octanol–water partition coefficient (Wildman–Crippen LogP) is 2.85. The van der Waals surface area contributed by atoms with Gasteiger partial charge < -0.3 is 19.4 Å². The van der Waals surface area contributed by atoms with Gasteiger partial charge in [-0.05, 0) is 24.6 Å². The lowest BCUT2D eigenvalue weighted by atomic mass is 9.52. The first-order valence-electron chi connectivity index (χ1n) is 8.79. The zero-order valence-corrected chi connectivity index (χ0v) is 16.3. The maximum Gasteiger partial charge on any atom is 0.192 e. The summed E-state index contributed by atoms with van der Waals surface area (Å²) >= 11 is 0. The minimum absolute atomic E-state index is 0.0164. The second-order valence-corrected chi connectivity index (χ2v) is 14.2. The van der Waals surface area contributed by atoms with Crippen LogP contribution in [0.3, 0.4) is 0 Å². The summed E-state index contributed by atoms with van der Waals surface area (Å²) < 4.78 is 12.4. The van der Waals surface area contributed by atoms with Gasteiger partial charge >= 0.3 is 0 Å². The summed E-state index contributed by atoms with van der Waals surface area (Å²) in [5.74, 6) is -0.0164. The van der Waals surface area contributed by atoms with Gasteiger partial charge in [0.1, 0.15) is 5.60 Å². The highest BCUT2D eigenvalue weighted by Crippen LogP contribution is 2.58. The molecule has 0 spiro atoms. The largest absolute Gasteiger partial charge is 0.413 e. The Morgan fingerprint density at radius 1 is 1.30 bits per heavy atom. The van der Waals surface area contributed by atoms with Gasteiger partial charge in [-0.2, -0.15) is 0 Å². The number of rotatable bonds is 2. The normalized spacial score (nSPS) is 46.8. The van der Waals surface area contributed by atoms with Crippen molar-refractivity contribution in [2.75, 3.05) is 6.61 Å². The molecule has 2 N–H and O–H groups in total. The van der Waals surface area contributed by atoms with E-state index in [1.807, 2.05) is 12.2 Å². The number of ether oxygens (including phenoxy) is 1. The first kappa shape index (κ1) is 17.6. The molecule has 0 bridgehead atoms. The molecule has 132 valence electrons. The minimum atomic E-state index is -1.97. The van der Waals surface area contributed by atoms with Crippen molar-refractivity contribution < 1.29 is 19.4 Å². The summed E-state index contributed by atoms with van der Waals surface area (Å²) in [7, 11) is -1.97. The molecule has 0 aromatic rings. The molecule has 1 aliphatic heterocycles. The molecule has 2 fully saturated rings. The quantitative estimate of drug-likeness (QED) is 0.599.